The Bertz CT molecular complexity index is 740. The first kappa shape index (κ1) is 15.3. The van der Waals surface area contributed by atoms with E-state index in [4.69, 9.17) is 0 Å². The average Bonchev–Trinajstić information content (AvgIpc) is 2.42. The van der Waals surface area contributed by atoms with Crippen molar-refractivity contribution in [3.63, 3.8) is 0 Å². The molecule has 0 saturated carbocycles. The second-order valence-corrected chi connectivity index (χ2v) is 4.98. The summed E-state index contributed by atoms with van der Waals surface area (Å²) in [6.45, 7) is 0. The van der Waals surface area contributed by atoms with Gasteiger partial charge in [-0.1, -0.05) is 47.6 Å². The molecule has 0 N–H and O–H groups in total. The molecule has 0 spiro atoms. The first-order chi connectivity index (χ1) is 9.89. The molecule has 0 aliphatic heterocycles. The lowest BCUT2D eigenvalue weighted by Crippen LogP contribution is -2.24. The minimum absolute atomic E-state index is 0.165. The fourth-order valence-electron chi connectivity index (χ4n) is 1.83. The van der Waals surface area contributed by atoms with Crippen molar-refractivity contribution in [2.45, 2.75) is 6.18 Å². The first-order valence-electron chi connectivity index (χ1n) is 5.76. The second-order valence-electron chi connectivity index (χ2n) is 4.06. The number of hydrogen-bond donors (Lipinski definition) is 1. The summed E-state index contributed by atoms with van der Waals surface area (Å²) >= 11 is 0. The van der Waals surface area contributed by atoms with Gasteiger partial charge in [-0.15, -0.1) is 0 Å². The summed E-state index contributed by atoms with van der Waals surface area (Å²) in [5, 5.41) is 3.93. The van der Waals surface area contributed by atoms with Gasteiger partial charge in [-0.3, -0.25) is 0 Å². The molecule has 0 atom stereocenters. The van der Waals surface area contributed by atoms with Crippen LogP contribution in [0.3, 0.4) is 0 Å². The Hall–Kier alpha value is -2.09. The quantitative estimate of drug-likeness (QED) is 0.536. The largest absolute Gasteiger partial charge is 0.437 e. The lowest BCUT2D eigenvalue weighted by Gasteiger charge is -2.12. The molecule has 0 unspecified atom stereocenters. The molecule has 2 aromatic carbocycles. The number of halogens is 3. The van der Waals surface area contributed by atoms with E-state index in [2.05, 4.69) is 9.99 Å². The summed E-state index contributed by atoms with van der Waals surface area (Å²) in [5.41, 5.74) is -1.43. The molecule has 0 saturated heterocycles. The van der Waals surface area contributed by atoms with Gasteiger partial charge in [-0.2, -0.15) is 13.2 Å². The molecule has 0 bridgehead atoms. The van der Waals surface area contributed by atoms with Crippen molar-refractivity contribution in [2.24, 2.45) is 5.16 Å². The fourth-order valence-corrected chi connectivity index (χ4v) is 1.98. The number of thiol groups is 1. The van der Waals surface area contributed by atoms with Crippen LogP contribution >= 0.6 is 0 Å². The third-order valence-electron chi connectivity index (χ3n) is 2.63. The maximum Gasteiger partial charge on any atom is 0.437 e. The zero-order valence-corrected chi connectivity index (χ0v) is 11.4. The van der Waals surface area contributed by atoms with Gasteiger partial charge in [0.15, 0.2) is 16.4 Å². The van der Waals surface area contributed by atoms with Gasteiger partial charge in [0.1, 0.15) is 0 Å². The van der Waals surface area contributed by atoms with Gasteiger partial charge < -0.3 is 4.84 Å². The SMILES string of the molecule is O=[SH](=O)CON=C(c1cccc2ccccc12)C(F)(F)F. The number of hydrogen-bond acceptors (Lipinski definition) is 4. The number of alkyl halides is 3. The molecule has 2 aromatic rings. The molecule has 0 heterocycles. The monoisotopic (exact) mass is 317 g/mol. The van der Waals surface area contributed by atoms with Crippen molar-refractivity contribution in [3.05, 3.63) is 48.0 Å². The highest BCUT2D eigenvalue weighted by atomic mass is 32.2. The highest BCUT2D eigenvalue weighted by Gasteiger charge is 2.38. The molecule has 0 fully saturated rings. The summed E-state index contributed by atoms with van der Waals surface area (Å²) in [7, 11) is -2.97. The van der Waals surface area contributed by atoms with E-state index >= 15 is 0 Å². The van der Waals surface area contributed by atoms with Gasteiger partial charge >= 0.3 is 6.18 Å². The van der Waals surface area contributed by atoms with E-state index < -0.39 is 28.5 Å². The number of oxime groups is 1. The van der Waals surface area contributed by atoms with E-state index in [1.807, 2.05) is 0 Å². The number of benzene rings is 2. The first-order valence-corrected chi connectivity index (χ1v) is 7.13. The van der Waals surface area contributed by atoms with E-state index in [-0.39, 0.29) is 5.56 Å². The molecular formula is C13H10F3NO3S. The Morgan fingerprint density at radius 1 is 1.10 bits per heavy atom. The van der Waals surface area contributed by atoms with Crippen LogP contribution in [0, 0.1) is 0 Å². The lowest BCUT2D eigenvalue weighted by molar-refractivity contribution is -0.0609. The Labute approximate surface area is 119 Å². The predicted octanol–water partition coefficient (Wildman–Crippen LogP) is 2.69. The third-order valence-corrected chi connectivity index (χ3v) is 2.96. The predicted molar refractivity (Wildman–Crippen MR) is 72.8 cm³/mol. The highest BCUT2D eigenvalue weighted by Crippen LogP contribution is 2.27. The normalized spacial score (nSPS) is 12.9. The van der Waals surface area contributed by atoms with Gasteiger partial charge in [-0.25, -0.2) is 8.42 Å². The minimum atomic E-state index is -4.77. The van der Waals surface area contributed by atoms with Crippen molar-refractivity contribution in [1.82, 2.24) is 0 Å². The average molecular weight is 317 g/mol. The minimum Gasteiger partial charge on any atom is -0.379 e. The van der Waals surface area contributed by atoms with Crippen molar-refractivity contribution < 1.29 is 26.4 Å². The molecule has 2 rings (SSSR count). The van der Waals surface area contributed by atoms with Gasteiger partial charge in [0.25, 0.3) is 0 Å². The summed E-state index contributed by atoms with van der Waals surface area (Å²) in [6, 6.07) is 10.9. The van der Waals surface area contributed by atoms with Gasteiger partial charge in [0, 0.05) is 5.56 Å². The van der Waals surface area contributed by atoms with Crippen molar-refractivity contribution >= 4 is 27.2 Å². The van der Waals surface area contributed by atoms with Crippen LogP contribution < -0.4 is 0 Å². The van der Waals surface area contributed by atoms with Gasteiger partial charge in [0.05, 0.1) is 0 Å². The van der Waals surface area contributed by atoms with Crippen molar-refractivity contribution in [2.75, 3.05) is 5.94 Å². The molecule has 8 heteroatoms. The molecule has 0 aliphatic rings. The third kappa shape index (κ3) is 3.72. The van der Waals surface area contributed by atoms with Gasteiger partial charge in [-0.05, 0) is 10.8 Å². The number of rotatable bonds is 4. The Balaban J connectivity index is 2.54. The van der Waals surface area contributed by atoms with E-state index in [0.29, 0.717) is 10.8 Å². The topological polar surface area (TPSA) is 55.7 Å². The summed E-state index contributed by atoms with van der Waals surface area (Å²) in [6.07, 6.45) is -4.77. The van der Waals surface area contributed by atoms with Crippen LogP contribution in [0.2, 0.25) is 0 Å². The van der Waals surface area contributed by atoms with Crippen LogP contribution in [-0.4, -0.2) is 26.2 Å². The summed E-state index contributed by atoms with van der Waals surface area (Å²) in [4.78, 5) is 4.26. The fraction of sp³-hybridized carbons (Fsp3) is 0.154. The van der Waals surface area contributed by atoms with Crippen LogP contribution in [-0.2, 0) is 15.5 Å². The zero-order chi connectivity index (χ0) is 15.5. The maximum absolute atomic E-state index is 13.1. The van der Waals surface area contributed by atoms with E-state index in [1.54, 1.807) is 24.3 Å². The van der Waals surface area contributed by atoms with Crippen LogP contribution in [0.25, 0.3) is 10.8 Å². The Morgan fingerprint density at radius 2 is 1.76 bits per heavy atom. The number of fused-ring (bicyclic) bond motifs is 1. The molecule has 0 aromatic heterocycles. The van der Waals surface area contributed by atoms with Gasteiger partial charge in [0.2, 0.25) is 5.94 Å². The Morgan fingerprint density at radius 3 is 2.43 bits per heavy atom. The summed E-state index contributed by atoms with van der Waals surface area (Å²) in [5.74, 6) is -0.903. The van der Waals surface area contributed by atoms with Crippen molar-refractivity contribution in [3.8, 4) is 0 Å². The highest BCUT2D eigenvalue weighted by molar-refractivity contribution is 7.72. The van der Waals surface area contributed by atoms with Crippen LogP contribution in [0.4, 0.5) is 13.2 Å². The molecule has 21 heavy (non-hydrogen) atoms. The number of nitrogens with zero attached hydrogens (tertiary/aromatic N) is 1. The molecular weight excluding hydrogens is 307 g/mol. The molecule has 4 nitrogen and oxygen atoms in total. The molecule has 112 valence electrons. The summed E-state index contributed by atoms with van der Waals surface area (Å²) < 4.78 is 60.0. The van der Waals surface area contributed by atoms with Crippen LogP contribution in [0.15, 0.2) is 47.6 Å². The molecule has 0 aliphatic carbocycles. The van der Waals surface area contributed by atoms with E-state index in [1.165, 1.54) is 18.2 Å². The maximum atomic E-state index is 13.1. The van der Waals surface area contributed by atoms with Crippen LogP contribution in [0.1, 0.15) is 5.56 Å². The smallest absolute Gasteiger partial charge is 0.379 e. The standard InChI is InChI=1S/C13H10F3NO3S/c14-13(15,16)12(17-20-8-21(18)19)11-7-3-5-9-4-1-2-6-10(9)11/h1-7,21H,8H2. The second kappa shape index (κ2) is 6.13. The molecule has 0 radical (unpaired) electrons. The zero-order valence-electron chi connectivity index (χ0n) is 10.5. The molecule has 0 amide bonds. The lowest BCUT2D eigenvalue weighted by atomic mass is 10.0. The van der Waals surface area contributed by atoms with Crippen molar-refractivity contribution in [1.29, 1.82) is 0 Å². The van der Waals surface area contributed by atoms with Crippen LogP contribution in [0.5, 0.6) is 0 Å². The van der Waals surface area contributed by atoms with E-state index in [9.17, 15) is 21.6 Å². The Kier molecular flexibility index (Phi) is 4.46. The van der Waals surface area contributed by atoms with E-state index in [0.717, 1.165) is 0 Å².